The molecule has 1 fully saturated rings. The highest BCUT2D eigenvalue weighted by Crippen LogP contribution is 2.28. The summed E-state index contributed by atoms with van der Waals surface area (Å²) in [5.74, 6) is 0.677. The fourth-order valence-corrected chi connectivity index (χ4v) is 2.52. The number of nitrogens with zero attached hydrogens (tertiary/aromatic N) is 1. The van der Waals surface area contributed by atoms with Crippen LogP contribution < -0.4 is 0 Å². The molecule has 2 nitrogen and oxygen atoms in total. The van der Waals surface area contributed by atoms with Crippen LogP contribution in [0.3, 0.4) is 0 Å². The second kappa shape index (κ2) is 5.46. The molecule has 1 atom stereocenters. The predicted molar refractivity (Wildman–Crippen MR) is 66.5 cm³/mol. The molecule has 16 heavy (non-hydrogen) atoms. The molecule has 0 aliphatic carbocycles. The first-order valence-electron chi connectivity index (χ1n) is 6.18. The number of aliphatic hydroxyl groups excluding tert-OH is 1. The van der Waals surface area contributed by atoms with Crippen molar-refractivity contribution in [1.29, 1.82) is 0 Å². The first-order chi connectivity index (χ1) is 7.79. The molecule has 1 aromatic rings. The van der Waals surface area contributed by atoms with E-state index in [2.05, 4.69) is 30.1 Å². The molecule has 1 aliphatic rings. The lowest BCUT2D eigenvalue weighted by Gasteiger charge is -2.16. The molecule has 1 saturated heterocycles. The molecule has 0 radical (unpaired) electrons. The number of hydrogen-bond donors (Lipinski definition) is 1. The molecule has 0 amide bonds. The minimum absolute atomic E-state index is 0.153. The summed E-state index contributed by atoms with van der Waals surface area (Å²) in [7, 11) is 2.20. The van der Waals surface area contributed by atoms with Gasteiger partial charge in [0.1, 0.15) is 0 Å². The molecule has 1 unspecified atom stereocenters. The predicted octanol–water partition coefficient (Wildman–Crippen LogP) is 2.38. The number of hydrogen-bond acceptors (Lipinski definition) is 2. The lowest BCUT2D eigenvalue weighted by atomic mass is 9.91. The fourth-order valence-electron chi connectivity index (χ4n) is 2.52. The van der Waals surface area contributed by atoms with Crippen molar-refractivity contribution >= 4 is 0 Å². The maximum absolute atomic E-state index is 9.15. The van der Waals surface area contributed by atoms with Gasteiger partial charge in [-0.05, 0) is 56.4 Å². The summed E-state index contributed by atoms with van der Waals surface area (Å²) in [5.41, 5.74) is 2.44. The molecule has 0 saturated carbocycles. The zero-order chi connectivity index (χ0) is 11.4. The summed E-state index contributed by atoms with van der Waals surface area (Å²) in [6.07, 6.45) is 3.80. The standard InChI is InChI=1S/C14H21NO/c1-15-8-3-6-13(7-9-15)14-5-2-4-12(10-14)11-16/h2,4-5,10,13,16H,3,6-9,11H2,1H3. The van der Waals surface area contributed by atoms with Gasteiger partial charge in [0.15, 0.2) is 0 Å². The molecule has 0 spiro atoms. The number of likely N-dealkylation sites (tertiary alicyclic amines) is 1. The SMILES string of the molecule is CN1CCCC(c2cccc(CO)c2)CC1. The second-order valence-corrected chi connectivity index (χ2v) is 4.83. The van der Waals surface area contributed by atoms with Gasteiger partial charge in [0.2, 0.25) is 0 Å². The normalized spacial score (nSPS) is 23.0. The van der Waals surface area contributed by atoms with E-state index < -0.39 is 0 Å². The van der Waals surface area contributed by atoms with Gasteiger partial charge in [0, 0.05) is 0 Å². The van der Waals surface area contributed by atoms with E-state index in [1.807, 2.05) is 6.07 Å². The second-order valence-electron chi connectivity index (χ2n) is 4.83. The van der Waals surface area contributed by atoms with Crippen LogP contribution in [0.2, 0.25) is 0 Å². The van der Waals surface area contributed by atoms with E-state index in [1.54, 1.807) is 0 Å². The largest absolute Gasteiger partial charge is 0.392 e. The van der Waals surface area contributed by atoms with Crippen LogP contribution in [0.5, 0.6) is 0 Å². The first kappa shape index (κ1) is 11.6. The van der Waals surface area contributed by atoms with Crippen molar-refractivity contribution in [3.63, 3.8) is 0 Å². The Morgan fingerprint density at radius 3 is 3.00 bits per heavy atom. The quantitative estimate of drug-likeness (QED) is 0.825. The van der Waals surface area contributed by atoms with E-state index in [0.717, 1.165) is 5.56 Å². The summed E-state index contributed by atoms with van der Waals surface area (Å²) < 4.78 is 0. The van der Waals surface area contributed by atoms with Crippen molar-refractivity contribution < 1.29 is 5.11 Å². The Morgan fingerprint density at radius 1 is 1.31 bits per heavy atom. The van der Waals surface area contributed by atoms with Crippen LogP contribution in [0.15, 0.2) is 24.3 Å². The zero-order valence-corrected chi connectivity index (χ0v) is 10.0. The first-order valence-corrected chi connectivity index (χ1v) is 6.18. The zero-order valence-electron chi connectivity index (χ0n) is 10.0. The highest BCUT2D eigenvalue weighted by atomic mass is 16.3. The van der Waals surface area contributed by atoms with E-state index in [0.29, 0.717) is 5.92 Å². The van der Waals surface area contributed by atoms with Gasteiger partial charge in [0.05, 0.1) is 6.61 Å². The Balaban J connectivity index is 2.10. The van der Waals surface area contributed by atoms with Crippen LogP contribution in [-0.2, 0) is 6.61 Å². The Labute approximate surface area is 97.9 Å². The van der Waals surface area contributed by atoms with Crippen LogP contribution in [-0.4, -0.2) is 30.1 Å². The van der Waals surface area contributed by atoms with Crippen LogP contribution in [0.4, 0.5) is 0 Å². The third-order valence-electron chi connectivity index (χ3n) is 3.56. The van der Waals surface area contributed by atoms with Crippen molar-refractivity contribution in [2.75, 3.05) is 20.1 Å². The average Bonchev–Trinajstić information content (AvgIpc) is 2.54. The minimum Gasteiger partial charge on any atom is -0.392 e. The third-order valence-corrected chi connectivity index (χ3v) is 3.56. The van der Waals surface area contributed by atoms with Crippen molar-refractivity contribution in [1.82, 2.24) is 4.90 Å². The van der Waals surface area contributed by atoms with Crippen molar-refractivity contribution in [3.8, 4) is 0 Å². The van der Waals surface area contributed by atoms with Crippen molar-refractivity contribution in [2.45, 2.75) is 31.8 Å². The highest BCUT2D eigenvalue weighted by Gasteiger charge is 2.16. The van der Waals surface area contributed by atoms with Gasteiger partial charge in [-0.2, -0.15) is 0 Å². The van der Waals surface area contributed by atoms with Crippen LogP contribution in [0.25, 0.3) is 0 Å². The van der Waals surface area contributed by atoms with Gasteiger partial charge in [0.25, 0.3) is 0 Å². The van der Waals surface area contributed by atoms with E-state index in [1.165, 1.54) is 37.9 Å². The fraction of sp³-hybridized carbons (Fsp3) is 0.571. The molecule has 2 heteroatoms. The molecule has 2 rings (SSSR count). The van der Waals surface area contributed by atoms with E-state index in [-0.39, 0.29) is 6.61 Å². The Kier molecular flexibility index (Phi) is 3.97. The third kappa shape index (κ3) is 2.83. The monoisotopic (exact) mass is 219 g/mol. The highest BCUT2D eigenvalue weighted by molar-refractivity contribution is 5.26. The van der Waals surface area contributed by atoms with Gasteiger partial charge in [-0.15, -0.1) is 0 Å². The molecular weight excluding hydrogens is 198 g/mol. The molecule has 0 bridgehead atoms. The number of rotatable bonds is 2. The molecule has 88 valence electrons. The van der Waals surface area contributed by atoms with Crippen LogP contribution in [0, 0.1) is 0 Å². The number of benzene rings is 1. The summed E-state index contributed by atoms with van der Waals surface area (Å²) in [5, 5.41) is 9.15. The summed E-state index contributed by atoms with van der Waals surface area (Å²) in [6, 6.07) is 8.42. The molecule has 1 heterocycles. The molecule has 1 N–H and O–H groups in total. The van der Waals surface area contributed by atoms with E-state index in [9.17, 15) is 0 Å². The van der Waals surface area contributed by atoms with E-state index in [4.69, 9.17) is 5.11 Å². The summed E-state index contributed by atoms with van der Waals surface area (Å²) >= 11 is 0. The Hall–Kier alpha value is -0.860. The number of aliphatic hydroxyl groups is 1. The van der Waals surface area contributed by atoms with E-state index >= 15 is 0 Å². The topological polar surface area (TPSA) is 23.5 Å². The van der Waals surface area contributed by atoms with Gasteiger partial charge in [-0.25, -0.2) is 0 Å². The molecule has 0 aromatic heterocycles. The van der Waals surface area contributed by atoms with Crippen LogP contribution in [0.1, 0.15) is 36.3 Å². The van der Waals surface area contributed by atoms with Crippen molar-refractivity contribution in [2.24, 2.45) is 0 Å². The smallest absolute Gasteiger partial charge is 0.0681 e. The van der Waals surface area contributed by atoms with Gasteiger partial charge < -0.3 is 10.0 Å². The molecular formula is C14H21NO. The van der Waals surface area contributed by atoms with Gasteiger partial charge in [-0.1, -0.05) is 24.3 Å². The lowest BCUT2D eigenvalue weighted by Crippen LogP contribution is -2.18. The molecule has 1 aromatic carbocycles. The maximum Gasteiger partial charge on any atom is 0.0681 e. The lowest BCUT2D eigenvalue weighted by molar-refractivity contribution is 0.281. The summed E-state index contributed by atoms with van der Waals surface area (Å²) in [4.78, 5) is 2.41. The Bertz CT molecular complexity index is 337. The molecule has 1 aliphatic heterocycles. The average molecular weight is 219 g/mol. The van der Waals surface area contributed by atoms with Crippen molar-refractivity contribution in [3.05, 3.63) is 35.4 Å². The maximum atomic E-state index is 9.15. The van der Waals surface area contributed by atoms with Gasteiger partial charge in [-0.3, -0.25) is 0 Å². The minimum atomic E-state index is 0.153. The van der Waals surface area contributed by atoms with Crippen LogP contribution >= 0.6 is 0 Å². The Morgan fingerprint density at radius 2 is 2.19 bits per heavy atom. The van der Waals surface area contributed by atoms with Gasteiger partial charge >= 0.3 is 0 Å². The summed E-state index contributed by atoms with van der Waals surface area (Å²) in [6.45, 7) is 2.56.